The topological polar surface area (TPSA) is 35.2 Å². The molecule has 0 bridgehead atoms. The summed E-state index contributed by atoms with van der Waals surface area (Å²) < 4.78 is 6.74. The highest BCUT2D eigenvalue weighted by molar-refractivity contribution is 9.10. The number of halogens is 1. The minimum Gasteiger partial charge on any atom is -0.496 e. The van der Waals surface area contributed by atoms with E-state index in [1.54, 1.807) is 7.11 Å². The van der Waals surface area contributed by atoms with E-state index in [2.05, 4.69) is 35.0 Å². The number of rotatable bonds is 3. The second-order valence-electron chi connectivity index (χ2n) is 5.22. The van der Waals surface area contributed by atoms with E-state index >= 15 is 0 Å². The molecule has 0 radical (unpaired) electrons. The Kier molecular flexibility index (Phi) is 4.33. The molecule has 0 aromatic heterocycles. The van der Waals surface area contributed by atoms with Crippen LogP contribution in [0.25, 0.3) is 0 Å². The van der Waals surface area contributed by atoms with Gasteiger partial charge >= 0.3 is 0 Å². The molecule has 2 N–H and O–H groups in total. The van der Waals surface area contributed by atoms with Crippen LogP contribution in [0.5, 0.6) is 5.75 Å². The summed E-state index contributed by atoms with van der Waals surface area (Å²) >= 11 is 3.60. The fraction of sp³-hybridized carbons (Fsp3) is 0.600. The van der Waals surface area contributed by atoms with Gasteiger partial charge in [-0.1, -0.05) is 42.1 Å². The van der Waals surface area contributed by atoms with E-state index in [0.717, 1.165) is 29.5 Å². The third-order valence-electron chi connectivity index (χ3n) is 4.00. The fourth-order valence-electron chi connectivity index (χ4n) is 2.98. The van der Waals surface area contributed by atoms with Gasteiger partial charge in [0.25, 0.3) is 0 Å². The average molecular weight is 312 g/mol. The highest BCUT2D eigenvalue weighted by atomic mass is 79.9. The highest BCUT2D eigenvalue weighted by Gasteiger charge is 2.33. The number of hydrogen-bond acceptors (Lipinski definition) is 2. The van der Waals surface area contributed by atoms with Crippen LogP contribution in [0, 0.1) is 0 Å². The zero-order chi connectivity index (χ0) is 13.2. The summed E-state index contributed by atoms with van der Waals surface area (Å²) in [7, 11) is 1.75. The number of hydrogen-bond donors (Lipinski definition) is 1. The molecule has 1 aliphatic carbocycles. The summed E-state index contributed by atoms with van der Waals surface area (Å²) in [5.74, 6) is 0.991. The van der Waals surface area contributed by atoms with Gasteiger partial charge in [0.15, 0.2) is 0 Å². The van der Waals surface area contributed by atoms with Gasteiger partial charge < -0.3 is 10.5 Å². The minimum atomic E-state index is -0.211. The maximum Gasteiger partial charge on any atom is 0.127 e. The molecule has 1 aromatic carbocycles. The zero-order valence-electron chi connectivity index (χ0n) is 11.3. The van der Waals surface area contributed by atoms with Crippen molar-refractivity contribution in [1.82, 2.24) is 0 Å². The molecule has 1 aromatic rings. The van der Waals surface area contributed by atoms with Gasteiger partial charge in [-0.2, -0.15) is 0 Å². The van der Waals surface area contributed by atoms with Crippen LogP contribution in [0.1, 0.15) is 50.2 Å². The summed E-state index contributed by atoms with van der Waals surface area (Å²) in [5, 5.41) is 0. The second-order valence-corrected chi connectivity index (χ2v) is 6.13. The largest absolute Gasteiger partial charge is 0.496 e. The molecule has 0 heterocycles. The third-order valence-corrected chi connectivity index (χ3v) is 4.46. The Bertz CT molecular complexity index is 425. The predicted molar refractivity (Wildman–Crippen MR) is 79.0 cm³/mol. The Morgan fingerprint density at radius 1 is 1.28 bits per heavy atom. The molecule has 1 aliphatic rings. The fourth-order valence-corrected chi connectivity index (χ4v) is 3.48. The first-order valence-corrected chi connectivity index (χ1v) is 7.56. The van der Waals surface area contributed by atoms with E-state index < -0.39 is 0 Å². The van der Waals surface area contributed by atoms with E-state index in [1.165, 1.54) is 30.4 Å². The van der Waals surface area contributed by atoms with E-state index in [1.807, 2.05) is 0 Å². The molecule has 1 saturated carbocycles. The number of methoxy groups -OCH3 is 1. The number of benzene rings is 1. The maximum absolute atomic E-state index is 6.65. The quantitative estimate of drug-likeness (QED) is 0.910. The first-order valence-electron chi connectivity index (χ1n) is 6.76. The Morgan fingerprint density at radius 2 is 1.94 bits per heavy atom. The van der Waals surface area contributed by atoms with Crippen molar-refractivity contribution in [3.05, 3.63) is 27.7 Å². The van der Waals surface area contributed by atoms with Gasteiger partial charge in [0.05, 0.1) is 7.11 Å². The Hall–Kier alpha value is -0.540. The lowest BCUT2D eigenvalue weighted by molar-refractivity contribution is 0.288. The van der Waals surface area contributed by atoms with Crippen LogP contribution in [0.4, 0.5) is 0 Å². The lowest BCUT2D eigenvalue weighted by Gasteiger charge is -2.35. The Morgan fingerprint density at radius 3 is 2.50 bits per heavy atom. The van der Waals surface area contributed by atoms with Gasteiger partial charge in [0.2, 0.25) is 0 Å². The SMILES string of the molecule is CCc1cc(Br)cc(C2(N)CCCCC2)c1OC. The van der Waals surface area contributed by atoms with Crippen molar-refractivity contribution in [2.45, 2.75) is 51.0 Å². The van der Waals surface area contributed by atoms with Crippen molar-refractivity contribution in [3.63, 3.8) is 0 Å². The summed E-state index contributed by atoms with van der Waals surface area (Å²) in [5.41, 5.74) is 8.85. The van der Waals surface area contributed by atoms with Crippen LogP contribution in [-0.4, -0.2) is 7.11 Å². The monoisotopic (exact) mass is 311 g/mol. The first-order chi connectivity index (χ1) is 8.60. The van der Waals surface area contributed by atoms with Gasteiger partial charge in [-0.05, 0) is 37.0 Å². The van der Waals surface area contributed by atoms with Gasteiger partial charge in [0, 0.05) is 15.6 Å². The second kappa shape index (κ2) is 5.62. The van der Waals surface area contributed by atoms with Crippen molar-refractivity contribution in [2.24, 2.45) is 5.73 Å². The average Bonchev–Trinajstić information content (AvgIpc) is 2.38. The summed E-state index contributed by atoms with van der Waals surface area (Å²) in [6, 6.07) is 4.28. The van der Waals surface area contributed by atoms with Crippen molar-refractivity contribution in [2.75, 3.05) is 7.11 Å². The molecule has 0 atom stereocenters. The van der Waals surface area contributed by atoms with Crippen molar-refractivity contribution in [3.8, 4) is 5.75 Å². The van der Waals surface area contributed by atoms with E-state index in [4.69, 9.17) is 10.5 Å². The minimum absolute atomic E-state index is 0.211. The van der Waals surface area contributed by atoms with Gasteiger partial charge in [0.1, 0.15) is 5.75 Å². The van der Waals surface area contributed by atoms with E-state index in [0.29, 0.717) is 0 Å². The summed E-state index contributed by atoms with van der Waals surface area (Å²) in [6.07, 6.45) is 6.81. The molecule has 100 valence electrons. The molecule has 1 fully saturated rings. The maximum atomic E-state index is 6.65. The van der Waals surface area contributed by atoms with Gasteiger partial charge in [-0.3, -0.25) is 0 Å². The Labute approximate surface area is 118 Å². The molecule has 0 saturated heterocycles. The number of nitrogens with two attached hydrogens (primary N) is 1. The normalized spacial score (nSPS) is 18.7. The van der Waals surface area contributed by atoms with Gasteiger partial charge in [-0.15, -0.1) is 0 Å². The molecule has 2 rings (SSSR count). The molecule has 0 aliphatic heterocycles. The standard InChI is InChI=1S/C15H22BrNO/c1-3-11-9-12(16)10-13(14(11)18-2)15(17)7-5-4-6-8-15/h9-10H,3-8,17H2,1-2H3. The first kappa shape index (κ1) is 13.9. The van der Waals surface area contributed by atoms with Crippen LogP contribution in [0.2, 0.25) is 0 Å². The van der Waals surface area contributed by atoms with Crippen LogP contribution in [-0.2, 0) is 12.0 Å². The summed E-state index contributed by atoms with van der Waals surface area (Å²) in [6.45, 7) is 2.15. The molecule has 18 heavy (non-hydrogen) atoms. The number of ether oxygens (including phenoxy) is 1. The Balaban J connectivity index is 2.50. The molecule has 3 heteroatoms. The van der Waals surface area contributed by atoms with E-state index in [-0.39, 0.29) is 5.54 Å². The lowest BCUT2D eigenvalue weighted by Crippen LogP contribution is -2.39. The van der Waals surface area contributed by atoms with Crippen molar-refractivity contribution < 1.29 is 4.74 Å². The van der Waals surface area contributed by atoms with Crippen LogP contribution in [0.3, 0.4) is 0 Å². The smallest absolute Gasteiger partial charge is 0.127 e. The molecular weight excluding hydrogens is 290 g/mol. The van der Waals surface area contributed by atoms with Crippen molar-refractivity contribution in [1.29, 1.82) is 0 Å². The molecule has 2 nitrogen and oxygen atoms in total. The molecular formula is C15H22BrNO. The number of aryl methyl sites for hydroxylation is 1. The van der Waals surface area contributed by atoms with Crippen LogP contribution < -0.4 is 10.5 Å². The predicted octanol–water partition coefficient (Wildman–Crippen LogP) is 4.14. The summed E-state index contributed by atoms with van der Waals surface area (Å²) in [4.78, 5) is 0. The molecule has 0 unspecified atom stereocenters. The van der Waals surface area contributed by atoms with Gasteiger partial charge in [-0.25, -0.2) is 0 Å². The van der Waals surface area contributed by atoms with Crippen LogP contribution in [0.15, 0.2) is 16.6 Å². The van der Waals surface area contributed by atoms with E-state index in [9.17, 15) is 0 Å². The highest BCUT2D eigenvalue weighted by Crippen LogP contribution is 2.42. The molecule has 0 spiro atoms. The van der Waals surface area contributed by atoms with Crippen LogP contribution >= 0.6 is 15.9 Å². The lowest BCUT2D eigenvalue weighted by atomic mass is 9.76. The molecule has 0 amide bonds. The zero-order valence-corrected chi connectivity index (χ0v) is 12.8. The van der Waals surface area contributed by atoms with Crippen molar-refractivity contribution >= 4 is 15.9 Å². The third kappa shape index (κ3) is 2.57.